The first kappa shape index (κ1) is 29.2. The van der Waals surface area contributed by atoms with Crippen LogP contribution in [-0.2, 0) is 0 Å². The van der Waals surface area contributed by atoms with Gasteiger partial charge in [0, 0.05) is 34.9 Å². The van der Waals surface area contributed by atoms with Crippen molar-refractivity contribution in [1.29, 1.82) is 0 Å². The molecule has 6 aromatic carbocycles. The maximum absolute atomic E-state index is 5.73. The molecule has 0 aliphatic carbocycles. The summed E-state index contributed by atoms with van der Waals surface area (Å²) in [7, 11) is 0. The van der Waals surface area contributed by atoms with E-state index in [4.69, 9.17) is 41.9 Å². The number of anilines is 4. The van der Waals surface area contributed by atoms with Crippen molar-refractivity contribution in [3.63, 3.8) is 0 Å². The summed E-state index contributed by atoms with van der Waals surface area (Å²) in [6.45, 7) is 0. The molecular weight excluding hydrogens is 552 g/mol. The Kier molecular flexibility index (Phi) is 9.34. The van der Waals surface area contributed by atoms with Gasteiger partial charge >= 0.3 is 0 Å². The Morgan fingerprint density at radius 2 is 0.500 bits per heavy atom. The van der Waals surface area contributed by atoms with Crippen molar-refractivity contribution in [3.05, 3.63) is 146 Å². The Morgan fingerprint density at radius 1 is 0.250 bits per heavy atom. The lowest BCUT2D eigenvalue weighted by atomic mass is 10.3. The van der Waals surface area contributed by atoms with E-state index in [1.807, 2.05) is 109 Å². The fourth-order valence-corrected chi connectivity index (χ4v) is 3.92. The Bertz CT molecular complexity index is 1640. The van der Waals surface area contributed by atoms with Crippen LogP contribution in [0, 0.1) is 0 Å². The van der Waals surface area contributed by atoms with E-state index in [0.29, 0.717) is 45.7 Å². The molecule has 0 bridgehead atoms. The van der Waals surface area contributed by atoms with Gasteiger partial charge in [-0.25, -0.2) is 0 Å². The van der Waals surface area contributed by atoms with Gasteiger partial charge < -0.3 is 41.9 Å². The van der Waals surface area contributed by atoms with Crippen LogP contribution < -0.4 is 41.9 Å². The third kappa shape index (κ3) is 8.86. The molecule has 6 rings (SSSR count). The fraction of sp³-hybridized carbons (Fsp3) is 0. The van der Waals surface area contributed by atoms with E-state index in [1.165, 1.54) is 0 Å². The van der Waals surface area contributed by atoms with Gasteiger partial charge in [0.2, 0.25) is 0 Å². The number of benzene rings is 6. The second-order valence-electron chi connectivity index (χ2n) is 9.63. The maximum Gasteiger partial charge on any atom is 0.129 e. The molecule has 0 spiro atoms. The van der Waals surface area contributed by atoms with Crippen molar-refractivity contribution >= 4 is 22.7 Å². The highest BCUT2D eigenvalue weighted by Crippen LogP contribution is 2.29. The van der Waals surface area contributed by atoms with E-state index in [0.717, 1.165) is 23.0 Å². The largest absolute Gasteiger partial charge is 0.457 e. The molecule has 0 atom stereocenters. The molecule has 0 unspecified atom stereocenters. The number of hydrogen-bond donors (Lipinski definition) is 4. The summed E-state index contributed by atoms with van der Waals surface area (Å²) in [5, 5.41) is 0. The summed E-state index contributed by atoms with van der Waals surface area (Å²) in [6.07, 6.45) is 0. The number of nitrogens with two attached hydrogens (primary N) is 4. The maximum atomic E-state index is 5.73. The zero-order chi connectivity index (χ0) is 30.7. The third-order valence-electron chi connectivity index (χ3n) is 6.07. The minimum atomic E-state index is 0.666. The predicted octanol–water partition coefficient (Wildman–Crippen LogP) is 8.87. The molecular formula is C36H32N4O4. The molecule has 0 fully saturated rings. The van der Waals surface area contributed by atoms with Crippen LogP contribution in [0.1, 0.15) is 0 Å². The van der Waals surface area contributed by atoms with Crippen molar-refractivity contribution in [3.8, 4) is 46.0 Å². The van der Waals surface area contributed by atoms with Gasteiger partial charge in [-0.15, -0.1) is 0 Å². The van der Waals surface area contributed by atoms with Crippen LogP contribution in [0.25, 0.3) is 0 Å². The van der Waals surface area contributed by atoms with Crippen LogP contribution >= 0.6 is 0 Å². The average Bonchev–Trinajstić information content (AvgIpc) is 3.02. The van der Waals surface area contributed by atoms with Gasteiger partial charge in [-0.2, -0.15) is 0 Å². The van der Waals surface area contributed by atoms with Gasteiger partial charge in [0.15, 0.2) is 0 Å². The molecule has 220 valence electrons. The Morgan fingerprint density at radius 3 is 0.773 bits per heavy atom. The van der Waals surface area contributed by atoms with Gasteiger partial charge in [0.05, 0.1) is 0 Å². The lowest BCUT2D eigenvalue weighted by Gasteiger charge is -2.09. The highest BCUT2D eigenvalue weighted by atomic mass is 16.5. The van der Waals surface area contributed by atoms with Crippen LogP contribution in [0.5, 0.6) is 46.0 Å². The number of rotatable bonds is 8. The van der Waals surface area contributed by atoms with Gasteiger partial charge in [-0.1, -0.05) is 12.1 Å². The molecule has 0 saturated heterocycles. The predicted molar refractivity (Wildman–Crippen MR) is 177 cm³/mol. The minimum Gasteiger partial charge on any atom is -0.457 e. The highest BCUT2D eigenvalue weighted by Gasteiger charge is 2.02. The van der Waals surface area contributed by atoms with Gasteiger partial charge in [0.25, 0.3) is 0 Å². The second kappa shape index (κ2) is 14.1. The second-order valence-corrected chi connectivity index (χ2v) is 9.63. The van der Waals surface area contributed by atoms with E-state index < -0.39 is 0 Å². The highest BCUT2D eigenvalue weighted by molar-refractivity contribution is 5.48. The van der Waals surface area contributed by atoms with E-state index in [-0.39, 0.29) is 0 Å². The zero-order valence-electron chi connectivity index (χ0n) is 23.8. The number of nitrogen functional groups attached to an aromatic ring is 4. The Balaban J connectivity index is 0.000000175. The number of hydrogen-bond acceptors (Lipinski definition) is 8. The monoisotopic (exact) mass is 584 g/mol. The van der Waals surface area contributed by atoms with Crippen LogP contribution in [0.2, 0.25) is 0 Å². The Labute approximate surface area is 256 Å². The SMILES string of the molecule is Nc1ccc(Oc2ccc(Oc3ccc(N)cc3)cc2)cc1.Nc1cccc(Oc2ccc(Oc3cccc(N)c3)cc2)c1. The molecule has 0 heterocycles. The molecule has 0 saturated carbocycles. The standard InChI is InChI=1S/2C18H16N2O2/c19-13-1-5-15(6-2-13)21-17-9-11-18(12-10-17)22-16-7-3-14(20)4-8-16;19-13-3-1-5-17(11-13)21-15-7-9-16(10-8-15)22-18-6-2-4-14(20)12-18/h2*1-12H,19-20H2. The number of ether oxygens (including phenoxy) is 4. The van der Waals surface area contributed by atoms with Crippen LogP contribution in [-0.4, -0.2) is 0 Å². The first-order valence-electron chi connectivity index (χ1n) is 13.7. The lowest BCUT2D eigenvalue weighted by molar-refractivity contribution is 0.469. The van der Waals surface area contributed by atoms with Gasteiger partial charge in [-0.3, -0.25) is 0 Å². The van der Waals surface area contributed by atoms with Crippen molar-refractivity contribution < 1.29 is 18.9 Å². The molecule has 8 nitrogen and oxygen atoms in total. The summed E-state index contributed by atoms with van der Waals surface area (Å²) in [5.74, 6) is 5.76. The third-order valence-corrected chi connectivity index (χ3v) is 6.07. The van der Waals surface area contributed by atoms with Crippen molar-refractivity contribution in [2.24, 2.45) is 0 Å². The van der Waals surface area contributed by atoms with E-state index in [9.17, 15) is 0 Å². The van der Waals surface area contributed by atoms with Crippen LogP contribution in [0.15, 0.2) is 146 Å². The normalized spacial score (nSPS) is 10.2. The summed E-state index contributed by atoms with van der Waals surface area (Å²) in [5.41, 5.74) is 25.5. The molecule has 8 N–H and O–H groups in total. The average molecular weight is 585 g/mol. The fourth-order valence-electron chi connectivity index (χ4n) is 3.92. The van der Waals surface area contributed by atoms with Gasteiger partial charge in [0.1, 0.15) is 46.0 Å². The van der Waals surface area contributed by atoms with E-state index >= 15 is 0 Å². The van der Waals surface area contributed by atoms with Crippen LogP contribution in [0.3, 0.4) is 0 Å². The summed E-state index contributed by atoms with van der Waals surface area (Å²) < 4.78 is 22.9. The molecule has 44 heavy (non-hydrogen) atoms. The minimum absolute atomic E-state index is 0.666. The van der Waals surface area contributed by atoms with Crippen molar-refractivity contribution in [2.45, 2.75) is 0 Å². The topological polar surface area (TPSA) is 141 Å². The molecule has 0 amide bonds. The Hall–Kier alpha value is -6.28. The van der Waals surface area contributed by atoms with Crippen molar-refractivity contribution in [1.82, 2.24) is 0 Å². The molecule has 0 aromatic heterocycles. The summed E-state index contributed by atoms with van der Waals surface area (Å²) in [6, 6.07) is 43.8. The molecule has 0 radical (unpaired) electrons. The van der Waals surface area contributed by atoms with Crippen molar-refractivity contribution in [2.75, 3.05) is 22.9 Å². The van der Waals surface area contributed by atoms with Gasteiger partial charge in [-0.05, 0) is 121 Å². The quantitative estimate of drug-likeness (QED) is 0.130. The zero-order valence-corrected chi connectivity index (χ0v) is 23.8. The summed E-state index contributed by atoms with van der Waals surface area (Å²) >= 11 is 0. The molecule has 8 heteroatoms. The summed E-state index contributed by atoms with van der Waals surface area (Å²) in [4.78, 5) is 0. The first-order chi connectivity index (χ1) is 21.4. The van der Waals surface area contributed by atoms with E-state index in [2.05, 4.69) is 0 Å². The lowest BCUT2D eigenvalue weighted by Crippen LogP contribution is -1.89. The molecule has 6 aromatic rings. The van der Waals surface area contributed by atoms with E-state index in [1.54, 1.807) is 36.4 Å². The molecule has 0 aliphatic heterocycles. The van der Waals surface area contributed by atoms with Crippen LogP contribution in [0.4, 0.5) is 22.7 Å². The smallest absolute Gasteiger partial charge is 0.129 e. The first-order valence-corrected chi connectivity index (χ1v) is 13.7. The molecule has 0 aliphatic rings.